The van der Waals surface area contributed by atoms with Gasteiger partial charge in [-0.1, -0.05) is 107 Å². The van der Waals surface area contributed by atoms with Gasteiger partial charge in [0.2, 0.25) is 0 Å². The van der Waals surface area contributed by atoms with Crippen LogP contribution in [-0.4, -0.2) is 15.0 Å². The molecule has 0 aliphatic rings. The molecule has 8 rings (SSSR count). The van der Waals surface area contributed by atoms with E-state index in [1.165, 1.54) is 18.5 Å². The molecule has 5 heteroatoms. The first kappa shape index (κ1) is 27.6. The van der Waals surface area contributed by atoms with Gasteiger partial charge in [-0.05, 0) is 83.1 Å². The van der Waals surface area contributed by atoms with Gasteiger partial charge in [0.25, 0.3) is 0 Å². The summed E-state index contributed by atoms with van der Waals surface area (Å²) in [5.41, 5.74) is 4.86. The van der Waals surface area contributed by atoms with Crippen LogP contribution < -0.4 is 0 Å². The van der Waals surface area contributed by atoms with Gasteiger partial charge in [0, 0.05) is 74.3 Å². The van der Waals surface area contributed by atoms with Gasteiger partial charge in [-0.15, -0.1) is 54.1 Å². The average Bonchev–Trinajstić information content (AvgIpc) is 3.62. The third-order valence-electron chi connectivity index (χ3n) is 8.49. The Morgan fingerprint density at radius 2 is 1.39 bits per heavy atom. The zero-order chi connectivity index (χ0) is 45.9. The van der Waals surface area contributed by atoms with Crippen molar-refractivity contribution in [3.63, 3.8) is 0 Å². The standard InChI is InChI=1S/C27H25N2O.C22H22N.Ir/c1-16-15-29-24(13-18(16)14-27(3,4)5)23-8-6-7-20-21-10-9-19-17(2)28-12-11-22(19)25(21)30-26(20)23;1-22(2,3)16-17-9-11-18(12-10-17)20-13-14-23-21(15-20)19-7-5-4-6-8-19;/h6-7,9-13,15H,14H2,1-5H3;4-7,9-15H,16H2,1-3H3;/q2*-1;/i1D3,2D3,14D2;16D2;. The second-order valence-corrected chi connectivity index (χ2v) is 15.0. The van der Waals surface area contributed by atoms with Crippen molar-refractivity contribution in [3.05, 3.63) is 150 Å². The quantitative estimate of drug-likeness (QED) is 0.162. The predicted molar refractivity (Wildman–Crippen MR) is 221 cm³/mol. The number of fused-ring (bicyclic) bond motifs is 5. The molecule has 4 nitrogen and oxygen atoms in total. The molecule has 0 N–H and O–H groups in total. The van der Waals surface area contributed by atoms with Crippen LogP contribution in [0.25, 0.3) is 66.4 Å². The van der Waals surface area contributed by atoms with Crippen LogP contribution >= 0.6 is 0 Å². The summed E-state index contributed by atoms with van der Waals surface area (Å²) >= 11 is 0. The molecule has 4 aromatic carbocycles. The fraction of sp³-hybridized carbons (Fsp3) is 0.245. The maximum Gasteiger partial charge on any atom is 0.128 e. The Hall–Kier alpha value is -4.96. The Labute approximate surface area is 347 Å². The largest absolute Gasteiger partial charge is 0.500 e. The van der Waals surface area contributed by atoms with E-state index in [1.54, 1.807) is 51.2 Å². The maximum atomic E-state index is 8.81. The van der Waals surface area contributed by atoms with Crippen LogP contribution in [0.4, 0.5) is 0 Å². The van der Waals surface area contributed by atoms with Crippen LogP contribution in [0.15, 0.2) is 120 Å². The molecule has 275 valence electrons. The van der Waals surface area contributed by atoms with Crippen LogP contribution in [0, 0.1) is 36.7 Å². The summed E-state index contributed by atoms with van der Waals surface area (Å²) in [6, 6.07) is 36.1. The molecule has 0 aliphatic heterocycles. The zero-order valence-corrected chi connectivity index (χ0v) is 33.4. The number of nitrogens with zero attached hydrogens (tertiary/aromatic N) is 3. The molecule has 4 heterocycles. The number of aryl methyl sites for hydroxylation is 2. The van der Waals surface area contributed by atoms with Crippen molar-refractivity contribution in [1.82, 2.24) is 15.0 Å². The maximum absolute atomic E-state index is 8.81. The third-order valence-corrected chi connectivity index (χ3v) is 8.49. The third kappa shape index (κ3) is 8.70. The smallest absolute Gasteiger partial charge is 0.128 e. The van der Waals surface area contributed by atoms with Crippen molar-refractivity contribution in [2.24, 2.45) is 10.8 Å². The summed E-state index contributed by atoms with van der Waals surface area (Å²) in [6.45, 7) is 5.98. The van der Waals surface area contributed by atoms with E-state index in [9.17, 15) is 0 Å². The fourth-order valence-corrected chi connectivity index (χ4v) is 6.23. The van der Waals surface area contributed by atoms with Gasteiger partial charge >= 0.3 is 0 Å². The van der Waals surface area contributed by atoms with Crippen molar-refractivity contribution >= 4 is 32.7 Å². The van der Waals surface area contributed by atoms with Gasteiger partial charge in [0.15, 0.2) is 0 Å². The Kier molecular flexibility index (Phi) is 8.07. The SMILES string of the molecule is [2H]C([2H])([2H])c1cnc(-c2[c-]ccc3c2oc2c4ccnc(C([2H])([2H])[2H])c4ccc32)cc1C([2H])([2H])C(C)(C)C.[2H]C([2H])(c1ccc(-c2ccnc(-c3[c-]cccc3)c2)cc1)C(C)(C)C.[Ir]. The van der Waals surface area contributed by atoms with Crippen molar-refractivity contribution in [2.75, 3.05) is 0 Å². The van der Waals surface area contributed by atoms with E-state index in [0.29, 0.717) is 38.8 Å². The number of hydrogen-bond acceptors (Lipinski definition) is 4. The van der Waals surface area contributed by atoms with Crippen molar-refractivity contribution in [2.45, 2.75) is 68.0 Å². The molecule has 0 amide bonds. The first-order valence-corrected chi connectivity index (χ1v) is 17.5. The van der Waals surface area contributed by atoms with E-state index < -0.39 is 37.3 Å². The fourth-order valence-electron chi connectivity index (χ4n) is 6.23. The topological polar surface area (TPSA) is 51.8 Å². The first-order valence-electron chi connectivity index (χ1n) is 22.5. The second kappa shape index (κ2) is 15.8. The summed E-state index contributed by atoms with van der Waals surface area (Å²) in [5, 5.41) is 2.56. The van der Waals surface area contributed by atoms with Gasteiger partial charge in [0.1, 0.15) is 5.58 Å². The molecule has 1 radical (unpaired) electrons. The molecule has 0 unspecified atom stereocenters. The van der Waals surface area contributed by atoms with Gasteiger partial charge < -0.3 is 14.4 Å². The summed E-state index contributed by atoms with van der Waals surface area (Å²) in [5.74, 6) is 0. The molecule has 0 spiro atoms. The second-order valence-electron chi connectivity index (χ2n) is 15.0. The Morgan fingerprint density at radius 3 is 2.11 bits per heavy atom. The number of furan rings is 1. The van der Waals surface area contributed by atoms with E-state index in [1.807, 2.05) is 87.5 Å². The van der Waals surface area contributed by atoms with E-state index in [2.05, 4.69) is 27.1 Å². The minimum atomic E-state index is -2.55. The van der Waals surface area contributed by atoms with Crippen LogP contribution in [0.3, 0.4) is 0 Å². The first-order chi connectivity index (χ1) is 29.3. The average molecular weight is 896 g/mol. The van der Waals surface area contributed by atoms with Crippen molar-refractivity contribution in [1.29, 1.82) is 0 Å². The van der Waals surface area contributed by atoms with Crippen LogP contribution in [0.2, 0.25) is 0 Å². The molecule has 0 saturated heterocycles. The molecular formula is C49H47IrN3O-2. The molecule has 0 aliphatic carbocycles. The number of rotatable bonds is 5. The van der Waals surface area contributed by atoms with E-state index in [4.69, 9.17) is 18.1 Å². The zero-order valence-electron chi connectivity index (χ0n) is 41.1. The van der Waals surface area contributed by atoms with Gasteiger partial charge in [-0.2, -0.15) is 0 Å². The molecule has 8 aromatic rings. The summed E-state index contributed by atoms with van der Waals surface area (Å²) in [7, 11) is 0. The van der Waals surface area contributed by atoms with E-state index >= 15 is 0 Å². The Morgan fingerprint density at radius 1 is 0.648 bits per heavy atom. The van der Waals surface area contributed by atoms with Crippen LogP contribution in [0.1, 0.15) is 77.6 Å². The normalized spacial score (nSPS) is 15.4. The van der Waals surface area contributed by atoms with Gasteiger partial charge in [-0.3, -0.25) is 4.98 Å². The van der Waals surface area contributed by atoms with Crippen LogP contribution in [0.5, 0.6) is 0 Å². The minimum Gasteiger partial charge on any atom is -0.500 e. The number of benzene rings is 4. The molecule has 54 heavy (non-hydrogen) atoms. The molecule has 0 atom stereocenters. The van der Waals surface area contributed by atoms with Gasteiger partial charge in [-0.25, -0.2) is 0 Å². The van der Waals surface area contributed by atoms with Crippen LogP contribution in [-0.2, 0) is 32.9 Å². The molecule has 0 bridgehead atoms. The summed E-state index contributed by atoms with van der Waals surface area (Å²) < 4.78 is 88.2. The predicted octanol–water partition coefficient (Wildman–Crippen LogP) is 13.0. The summed E-state index contributed by atoms with van der Waals surface area (Å²) in [6.07, 6.45) is 1.09. The molecule has 0 saturated carbocycles. The Balaban J connectivity index is 0.000000227. The minimum absolute atomic E-state index is 0. The van der Waals surface area contributed by atoms with Gasteiger partial charge in [0.05, 0.1) is 5.58 Å². The van der Waals surface area contributed by atoms with Crippen molar-refractivity contribution < 1.29 is 38.2 Å². The van der Waals surface area contributed by atoms with E-state index in [-0.39, 0.29) is 36.9 Å². The number of hydrogen-bond donors (Lipinski definition) is 0. The number of aromatic nitrogens is 3. The molecule has 0 fully saturated rings. The number of pyridine rings is 3. The van der Waals surface area contributed by atoms with E-state index in [0.717, 1.165) is 33.2 Å². The molecule has 4 aromatic heterocycles. The Bertz CT molecular complexity index is 2950. The monoisotopic (exact) mass is 896 g/mol. The summed E-state index contributed by atoms with van der Waals surface area (Å²) in [4.78, 5) is 12.9. The van der Waals surface area contributed by atoms with Crippen molar-refractivity contribution in [3.8, 4) is 33.6 Å². The molecular weight excluding hydrogens is 839 g/mol.